The summed E-state index contributed by atoms with van der Waals surface area (Å²) in [6.07, 6.45) is 1.32. The first-order valence-corrected chi connectivity index (χ1v) is 14.7. The lowest BCUT2D eigenvalue weighted by atomic mass is 9.98. The molecule has 1 aliphatic carbocycles. The summed E-state index contributed by atoms with van der Waals surface area (Å²) in [7, 11) is 0. The number of carboxylic acids is 1. The first-order valence-electron chi connectivity index (χ1n) is 14.7. The number of quaternary nitrogens is 1. The van der Waals surface area contributed by atoms with Crippen molar-refractivity contribution in [3.63, 3.8) is 0 Å². The first kappa shape index (κ1) is 31.2. The molecule has 1 heterocycles. The Hall–Kier alpha value is -3.76. The SMILES string of the molecule is CC(C)(C)OC(=O)CCCCCC(=O)[N+]1(N(CC(=O)O)C(=O)OCC2c3ccccc3-c3ccccc32)CCNCC1. The number of nitrogens with zero attached hydrogens (tertiary/aromatic N) is 2. The Bertz CT molecular complexity index is 1250. The number of carboxylic acid groups (broad SMARTS) is 1. The van der Waals surface area contributed by atoms with Crippen LogP contribution >= 0.6 is 0 Å². The van der Waals surface area contributed by atoms with E-state index in [4.69, 9.17) is 9.47 Å². The van der Waals surface area contributed by atoms with Crippen LogP contribution in [0.2, 0.25) is 0 Å². The molecule has 226 valence electrons. The number of amides is 2. The van der Waals surface area contributed by atoms with Gasteiger partial charge in [0, 0.05) is 25.4 Å². The van der Waals surface area contributed by atoms with Crippen LogP contribution in [0.25, 0.3) is 11.1 Å². The van der Waals surface area contributed by atoms with Crippen molar-refractivity contribution < 1.29 is 38.4 Å². The van der Waals surface area contributed by atoms with Crippen molar-refractivity contribution >= 4 is 23.9 Å². The maximum atomic E-state index is 13.7. The van der Waals surface area contributed by atoms with E-state index in [0.717, 1.165) is 27.3 Å². The van der Waals surface area contributed by atoms with Gasteiger partial charge < -0.3 is 19.9 Å². The Morgan fingerprint density at radius 3 is 2.05 bits per heavy atom. The third-order valence-corrected chi connectivity index (χ3v) is 7.77. The predicted octanol–water partition coefficient (Wildman–Crippen LogP) is 4.48. The van der Waals surface area contributed by atoms with Crippen LogP contribution in [0, 0.1) is 0 Å². The third-order valence-electron chi connectivity index (χ3n) is 7.77. The van der Waals surface area contributed by atoms with Crippen molar-refractivity contribution in [3.05, 3.63) is 59.7 Å². The number of carbonyl (C=O) groups is 4. The molecule has 2 aliphatic rings. The van der Waals surface area contributed by atoms with E-state index >= 15 is 0 Å². The minimum absolute atomic E-state index is 0.0279. The van der Waals surface area contributed by atoms with Gasteiger partial charge >= 0.3 is 23.9 Å². The van der Waals surface area contributed by atoms with Gasteiger partial charge in [0.15, 0.2) is 6.54 Å². The van der Waals surface area contributed by atoms with Crippen molar-refractivity contribution in [1.29, 1.82) is 0 Å². The van der Waals surface area contributed by atoms with Crippen molar-refractivity contribution in [2.24, 2.45) is 0 Å². The largest absolute Gasteiger partial charge is 0.480 e. The van der Waals surface area contributed by atoms with Crippen molar-refractivity contribution in [2.75, 3.05) is 39.3 Å². The second-order valence-electron chi connectivity index (χ2n) is 11.9. The number of piperazine rings is 1. The van der Waals surface area contributed by atoms with Crippen LogP contribution in [0.15, 0.2) is 48.5 Å². The Kier molecular flexibility index (Phi) is 10.0. The third kappa shape index (κ3) is 7.35. The van der Waals surface area contributed by atoms with Crippen molar-refractivity contribution in [2.45, 2.75) is 64.4 Å². The predicted molar refractivity (Wildman–Crippen MR) is 156 cm³/mol. The summed E-state index contributed by atoms with van der Waals surface area (Å²) in [5, 5.41) is 14.0. The van der Waals surface area contributed by atoms with Crippen LogP contribution in [0.5, 0.6) is 0 Å². The van der Waals surface area contributed by atoms with Gasteiger partial charge in [-0.2, -0.15) is 4.59 Å². The van der Waals surface area contributed by atoms with Crippen LogP contribution in [0.4, 0.5) is 4.79 Å². The van der Waals surface area contributed by atoms with E-state index < -0.39 is 28.8 Å². The van der Waals surface area contributed by atoms with Gasteiger partial charge in [0.25, 0.3) is 0 Å². The molecule has 4 rings (SSSR count). The van der Waals surface area contributed by atoms with E-state index in [1.807, 2.05) is 69.3 Å². The zero-order valence-electron chi connectivity index (χ0n) is 24.8. The molecule has 10 heteroatoms. The molecule has 0 bridgehead atoms. The molecule has 0 unspecified atom stereocenters. The number of aliphatic carboxylic acids is 1. The fourth-order valence-electron chi connectivity index (χ4n) is 5.87. The lowest BCUT2D eigenvalue weighted by molar-refractivity contribution is -0.957. The maximum absolute atomic E-state index is 13.7. The Balaban J connectivity index is 1.44. The number of hydrogen-bond donors (Lipinski definition) is 2. The summed E-state index contributed by atoms with van der Waals surface area (Å²) in [6.45, 7) is 6.23. The number of nitrogens with one attached hydrogen (secondary N) is 1. The second kappa shape index (κ2) is 13.5. The normalized spacial score (nSPS) is 15.8. The molecular weight excluding hydrogens is 538 g/mol. The smallest absolute Gasteiger partial charge is 0.455 e. The molecule has 42 heavy (non-hydrogen) atoms. The number of fused-ring (bicyclic) bond motifs is 3. The summed E-state index contributed by atoms with van der Waals surface area (Å²) in [6, 6.07) is 16.0. The Labute approximate surface area is 247 Å². The number of hydrogen-bond acceptors (Lipinski definition) is 7. The molecular formula is C32H42N3O7+. The molecule has 2 aromatic rings. The van der Waals surface area contributed by atoms with Gasteiger partial charge in [-0.05, 0) is 55.9 Å². The quantitative estimate of drug-likeness (QED) is 0.240. The number of carbonyl (C=O) groups excluding carboxylic acids is 3. The Morgan fingerprint density at radius 2 is 1.48 bits per heavy atom. The highest BCUT2D eigenvalue weighted by molar-refractivity contribution is 5.80. The zero-order valence-corrected chi connectivity index (χ0v) is 24.8. The molecule has 0 spiro atoms. The summed E-state index contributed by atoms with van der Waals surface area (Å²) >= 11 is 0. The van der Waals surface area contributed by atoms with Gasteiger partial charge in [0.05, 0.1) is 6.42 Å². The van der Waals surface area contributed by atoms with E-state index in [2.05, 4.69) is 5.32 Å². The molecule has 0 saturated carbocycles. The second-order valence-corrected chi connectivity index (χ2v) is 11.9. The lowest BCUT2D eigenvalue weighted by Gasteiger charge is -2.44. The van der Waals surface area contributed by atoms with E-state index in [0.29, 0.717) is 32.4 Å². The molecule has 0 radical (unpaired) electrons. The van der Waals surface area contributed by atoms with E-state index in [1.165, 1.54) is 0 Å². The van der Waals surface area contributed by atoms with Crippen LogP contribution in [-0.2, 0) is 23.9 Å². The number of rotatable bonds is 10. The van der Waals surface area contributed by atoms with Gasteiger partial charge in [0.2, 0.25) is 0 Å². The zero-order chi connectivity index (χ0) is 30.3. The average molecular weight is 581 g/mol. The molecule has 0 atom stereocenters. The number of benzene rings is 2. The van der Waals surface area contributed by atoms with Crippen molar-refractivity contribution in [1.82, 2.24) is 10.3 Å². The molecule has 2 amide bonds. The topological polar surface area (TPSA) is 122 Å². The van der Waals surface area contributed by atoms with Gasteiger partial charge in [0.1, 0.15) is 25.3 Å². The summed E-state index contributed by atoms with van der Waals surface area (Å²) in [5.41, 5.74) is 3.72. The first-order chi connectivity index (χ1) is 20.0. The molecule has 0 aromatic heterocycles. The minimum Gasteiger partial charge on any atom is -0.480 e. The van der Waals surface area contributed by atoms with E-state index in [9.17, 15) is 24.3 Å². The lowest BCUT2D eigenvalue weighted by Crippen LogP contribution is -2.71. The molecule has 2 aromatic carbocycles. The van der Waals surface area contributed by atoms with Crippen LogP contribution in [0.3, 0.4) is 0 Å². The number of unbranched alkanes of at least 4 members (excludes halogenated alkanes) is 2. The van der Waals surface area contributed by atoms with E-state index in [-0.39, 0.29) is 50.3 Å². The fraction of sp³-hybridized carbons (Fsp3) is 0.500. The Morgan fingerprint density at radius 1 is 0.905 bits per heavy atom. The summed E-state index contributed by atoms with van der Waals surface area (Å²) in [5.74, 6) is -1.92. The van der Waals surface area contributed by atoms with Gasteiger partial charge in [-0.15, -0.1) is 5.01 Å². The standard InChI is InChI=1S/C32H41N3O7/c1-32(2,3)42-30(39)16-6-4-5-15-28(36)35(19-17-33-18-20-35)34(21-29(37)38)31(40)41-22-27-25-13-9-7-11-23(25)24-12-8-10-14-26(24)27/h7-14,27,33H,4-6,15-22H2,1-3H3/p+1. The molecule has 1 saturated heterocycles. The molecule has 1 fully saturated rings. The highest BCUT2D eigenvalue weighted by Gasteiger charge is 2.48. The van der Waals surface area contributed by atoms with Gasteiger partial charge in [-0.25, -0.2) is 9.59 Å². The number of ether oxygens (including phenoxy) is 2. The average Bonchev–Trinajstić information content (AvgIpc) is 3.27. The highest BCUT2D eigenvalue weighted by atomic mass is 16.6. The van der Waals surface area contributed by atoms with Crippen molar-refractivity contribution in [3.8, 4) is 11.1 Å². The maximum Gasteiger partial charge on any atom is 0.455 e. The van der Waals surface area contributed by atoms with Crippen LogP contribution in [-0.4, -0.2) is 83.6 Å². The molecule has 10 nitrogen and oxygen atoms in total. The highest BCUT2D eigenvalue weighted by Crippen LogP contribution is 2.44. The van der Waals surface area contributed by atoms with Gasteiger partial charge in [-0.3, -0.25) is 9.59 Å². The fourth-order valence-corrected chi connectivity index (χ4v) is 5.87. The van der Waals surface area contributed by atoms with Crippen LogP contribution in [0.1, 0.15) is 69.9 Å². The molecule has 2 N–H and O–H groups in total. The summed E-state index contributed by atoms with van der Waals surface area (Å²) in [4.78, 5) is 51.3. The minimum atomic E-state index is -1.22. The summed E-state index contributed by atoms with van der Waals surface area (Å²) < 4.78 is 10.8. The monoisotopic (exact) mass is 580 g/mol. The molecule has 1 aliphatic heterocycles. The number of esters is 1. The van der Waals surface area contributed by atoms with E-state index in [1.54, 1.807) is 0 Å². The van der Waals surface area contributed by atoms with Gasteiger partial charge in [-0.1, -0.05) is 55.0 Å². The van der Waals surface area contributed by atoms with Crippen LogP contribution < -0.4 is 5.32 Å².